The van der Waals surface area contributed by atoms with Crippen LogP contribution < -0.4 is 10.1 Å². The quantitative estimate of drug-likeness (QED) is 0.269. The van der Waals surface area contributed by atoms with Crippen LogP contribution in [0.25, 0.3) is 0 Å². The molecule has 0 unspecified atom stereocenters. The number of unbranched alkanes of at least 4 members (excludes halogenated alkanes) is 2. The van der Waals surface area contributed by atoms with Crippen LogP contribution in [-0.4, -0.2) is 97.7 Å². The number of aliphatic hydroxyl groups excluding tert-OH is 1. The molecular weight excluding hydrogens is 658 g/mol. The summed E-state index contributed by atoms with van der Waals surface area (Å²) in [5.74, 6) is 0.0381. The van der Waals surface area contributed by atoms with Crippen molar-refractivity contribution in [2.75, 3.05) is 33.1 Å². The molecule has 2 N–H and O–H groups in total. The van der Waals surface area contributed by atoms with Gasteiger partial charge in [0.1, 0.15) is 17.4 Å². The molecule has 50 heavy (non-hydrogen) atoms. The summed E-state index contributed by atoms with van der Waals surface area (Å²) >= 11 is 0. The summed E-state index contributed by atoms with van der Waals surface area (Å²) in [4.78, 5) is 29.7. The predicted molar refractivity (Wildman–Crippen MR) is 193 cm³/mol. The molecule has 2 amide bonds. The van der Waals surface area contributed by atoms with Crippen molar-refractivity contribution in [1.29, 1.82) is 0 Å². The van der Waals surface area contributed by atoms with Crippen molar-refractivity contribution >= 4 is 22.0 Å². The van der Waals surface area contributed by atoms with Gasteiger partial charge >= 0.3 is 6.09 Å². The molecule has 1 aliphatic carbocycles. The van der Waals surface area contributed by atoms with Gasteiger partial charge in [-0.3, -0.25) is 9.69 Å². The third kappa shape index (κ3) is 10.5. The number of benzene rings is 2. The molecule has 276 valence electrons. The zero-order valence-electron chi connectivity index (χ0n) is 30.3. The van der Waals surface area contributed by atoms with Gasteiger partial charge in [0.05, 0.1) is 50.3 Å². The Morgan fingerprint density at radius 2 is 1.86 bits per heavy atom. The number of β-amino-alcohol motifs (C(OH)–C–C–N with tert-alkyl or cyclic N) is 1. The van der Waals surface area contributed by atoms with E-state index in [1.54, 1.807) is 27.9 Å². The third-order valence-corrected chi connectivity index (χ3v) is 11.1. The molecule has 1 heterocycles. The summed E-state index contributed by atoms with van der Waals surface area (Å²) in [5.41, 5.74) is 1.87. The zero-order valence-corrected chi connectivity index (χ0v) is 31.2. The molecule has 12 heteroatoms. The molecule has 0 saturated carbocycles. The number of carbonyl (C=O) groups excluding carboxylic acids is 2. The fraction of sp³-hybridized carbons (Fsp3) is 0.579. The Labute approximate surface area is 298 Å². The van der Waals surface area contributed by atoms with E-state index >= 15 is 0 Å². The number of likely N-dealkylation sites (N-methyl/N-ethyl adjacent to an activating group) is 1. The lowest BCUT2D eigenvalue weighted by molar-refractivity contribution is -0.126. The largest absolute Gasteiger partial charge is 0.497 e. The number of hydrogen-bond acceptors (Lipinski definition) is 8. The third-order valence-electron chi connectivity index (χ3n) is 9.21. The standard InChI is InChI=1S/C38H55N3O8S/c1-7-8-15-22-50(45,46)40(5)32-18-13-10-14-21-48-34-24-28-19-20-29(47-6)25-30(28)35(34)41(37(44)49-38(2,3)4)26-33(42)31(39-36(32)43)23-27-16-11-9-12-17-27/h9-13,16-17,19-20,25,31-35,42H,7-8,14-15,18,21-24,26H2,1-6H3,(H,39,43)/b13-10-/t31-,32-,33+,34+,35+/m0/s1. The van der Waals surface area contributed by atoms with Gasteiger partial charge in [-0.1, -0.05) is 68.3 Å². The molecule has 0 spiro atoms. The number of aliphatic hydroxyl groups is 1. The van der Waals surface area contributed by atoms with Crippen molar-refractivity contribution in [3.63, 3.8) is 0 Å². The molecule has 11 nitrogen and oxygen atoms in total. The fourth-order valence-corrected chi connectivity index (χ4v) is 7.94. The molecule has 0 saturated heterocycles. The van der Waals surface area contributed by atoms with Gasteiger partial charge in [-0.15, -0.1) is 0 Å². The Morgan fingerprint density at radius 1 is 1.12 bits per heavy atom. The molecule has 0 fully saturated rings. The van der Waals surface area contributed by atoms with Crippen molar-refractivity contribution in [1.82, 2.24) is 14.5 Å². The van der Waals surface area contributed by atoms with E-state index in [-0.39, 0.29) is 25.1 Å². The maximum atomic E-state index is 14.1. The summed E-state index contributed by atoms with van der Waals surface area (Å²) < 4.78 is 45.8. The first-order valence-corrected chi connectivity index (χ1v) is 19.3. The number of sulfonamides is 1. The summed E-state index contributed by atoms with van der Waals surface area (Å²) in [7, 11) is -0.724. The minimum absolute atomic E-state index is 0.0609. The van der Waals surface area contributed by atoms with E-state index in [2.05, 4.69) is 5.32 Å². The number of fused-ring (bicyclic) bond motifs is 3. The molecule has 1 aliphatic heterocycles. The first-order valence-electron chi connectivity index (χ1n) is 17.6. The van der Waals surface area contributed by atoms with Crippen LogP contribution in [0.1, 0.15) is 82.5 Å². The highest BCUT2D eigenvalue weighted by Gasteiger charge is 2.43. The molecule has 2 aromatic carbocycles. The van der Waals surface area contributed by atoms with Gasteiger partial charge in [0.25, 0.3) is 0 Å². The molecular formula is C38H55N3O8S. The first kappa shape index (κ1) is 39.3. The van der Waals surface area contributed by atoms with Crippen LogP contribution in [0.4, 0.5) is 4.79 Å². The second-order valence-corrected chi connectivity index (χ2v) is 16.3. The normalized spacial score (nSPS) is 24.4. The van der Waals surface area contributed by atoms with Crippen molar-refractivity contribution in [2.24, 2.45) is 0 Å². The Morgan fingerprint density at radius 3 is 2.54 bits per heavy atom. The number of ether oxygens (including phenoxy) is 3. The number of carbonyl (C=O) groups is 2. The van der Waals surface area contributed by atoms with Crippen molar-refractivity contribution < 1.29 is 37.3 Å². The molecule has 5 atom stereocenters. The van der Waals surface area contributed by atoms with Crippen molar-refractivity contribution in [2.45, 2.75) is 109 Å². The van der Waals surface area contributed by atoms with E-state index in [4.69, 9.17) is 14.2 Å². The highest BCUT2D eigenvalue weighted by Crippen LogP contribution is 2.41. The van der Waals surface area contributed by atoms with Crippen LogP contribution in [0.5, 0.6) is 5.75 Å². The van der Waals surface area contributed by atoms with E-state index in [0.717, 1.165) is 33.8 Å². The van der Waals surface area contributed by atoms with Gasteiger partial charge in [0.2, 0.25) is 15.9 Å². The Bertz CT molecular complexity index is 1560. The Kier molecular flexibility index (Phi) is 13.9. The van der Waals surface area contributed by atoms with Gasteiger partial charge in [0.15, 0.2) is 0 Å². The van der Waals surface area contributed by atoms with Crippen LogP contribution in [0.2, 0.25) is 0 Å². The second kappa shape index (κ2) is 17.7. The van der Waals surface area contributed by atoms with E-state index in [0.29, 0.717) is 31.6 Å². The predicted octanol–water partition coefficient (Wildman–Crippen LogP) is 5.17. The number of nitrogens with one attached hydrogen (secondary N) is 1. The number of nitrogens with zero attached hydrogens (tertiary/aromatic N) is 2. The number of rotatable bonds is 9. The summed E-state index contributed by atoms with van der Waals surface area (Å²) in [6.07, 6.45) is 4.92. The number of amides is 2. The first-order chi connectivity index (χ1) is 23.7. The zero-order chi connectivity index (χ0) is 36.5. The molecule has 0 bridgehead atoms. The van der Waals surface area contributed by atoms with Gasteiger partial charge < -0.3 is 24.6 Å². The Balaban J connectivity index is 1.77. The van der Waals surface area contributed by atoms with Gasteiger partial charge in [-0.2, -0.15) is 4.31 Å². The monoisotopic (exact) mass is 713 g/mol. The maximum Gasteiger partial charge on any atom is 0.410 e. The summed E-state index contributed by atoms with van der Waals surface area (Å²) in [5, 5.41) is 15.1. The van der Waals surface area contributed by atoms with E-state index in [9.17, 15) is 23.1 Å². The van der Waals surface area contributed by atoms with Gasteiger partial charge in [-0.25, -0.2) is 13.2 Å². The Hall–Kier alpha value is -3.45. The van der Waals surface area contributed by atoms with Crippen LogP contribution >= 0.6 is 0 Å². The van der Waals surface area contributed by atoms with Crippen LogP contribution in [-0.2, 0) is 37.1 Å². The smallest absolute Gasteiger partial charge is 0.410 e. The topological polar surface area (TPSA) is 135 Å². The fourth-order valence-electron chi connectivity index (χ4n) is 6.51. The van der Waals surface area contributed by atoms with Crippen LogP contribution in [0.15, 0.2) is 60.7 Å². The van der Waals surface area contributed by atoms with Crippen LogP contribution in [0.3, 0.4) is 0 Å². The van der Waals surface area contributed by atoms with Gasteiger partial charge in [0, 0.05) is 13.5 Å². The van der Waals surface area contributed by atoms with Gasteiger partial charge in [-0.05, 0) is 75.3 Å². The highest BCUT2D eigenvalue weighted by molar-refractivity contribution is 7.89. The van der Waals surface area contributed by atoms with E-state index in [1.807, 2.05) is 67.6 Å². The highest BCUT2D eigenvalue weighted by atomic mass is 32.2. The molecule has 2 aliphatic rings. The lowest BCUT2D eigenvalue weighted by Crippen LogP contribution is -2.56. The molecule has 0 radical (unpaired) electrons. The van der Waals surface area contributed by atoms with Crippen molar-refractivity contribution in [3.05, 3.63) is 77.4 Å². The molecule has 0 aromatic heterocycles. The number of methoxy groups -OCH3 is 1. The molecule has 4 rings (SSSR count). The maximum absolute atomic E-state index is 14.1. The lowest BCUT2D eigenvalue weighted by atomic mass is 9.98. The SMILES string of the molecule is CCCCCS(=O)(=O)N(C)[C@H]1C/C=C\CCO[C@@H]2Cc3ccc(OC)cc3[C@H]2N(C(=O)OC(C)(C)C)C[C@@H](O)[C@H](Cc2ccccc2)NC1=O. The minimum Gasteiger partial charge on any atom is -0.497 e. The van der Waals surface area contributed by atoms with Crippen LogP contribution in [0, 0.1) is 0 Å². The summed E-state index contributed by atoms with van der Waals surface area (Å²) in [6, 6.07) is 12.6. The van der Waals surface area contributed by atoms with E-state index in [1.165, 1.54) is 11.9 Å². The average molecular weight is 714 g/mol. The number of hydrogen-bond donors (Lipinski definition) is 2. The second-order valence-electron chi connectivity index (χ2n) is 14.2. The minimum atomic E-state index is -3.75. The molecule has 2 aromatic rings. The summed E-state index contributed by atoms with van der Waals surface area (Å²) in [6.45, 7) is 7.49. The average Bonchev–Trinajstić information content (AvgIpc) is 3.42. The lowest BCUT2D eigenvalue weighted by Gasteiger charge is -2.38. The van der Waals surface area contributed by atoms with Crippen molar-refractivity contribution in [3.8, 4) is 5.75 Å². The van der Waals surface area contributed by atoms with E-state index < -0.39 is 58.0 Å².